The van der Waals surface area contributed by atoms with Gasteiger partial charge in [-0.05, 0) is 49.9 Å². The van der Waals surface area contributed by atoms with Gasteiger partial charge in [0.2, 0.25) is 0 Å². The van der Waals surface area contributed by atoms with Crippen molar-refractivity contribution in [2.45, 2.75) is 32.7 Å². The van der Waals surface area contributed by atoms with Gasteiger partial charge in [-0.15, -0.1) is 0 Å². The maximum Gasteiger partial charge on any atom is 0.317 e. The van der Waals surface area contributed by atoms with E-state index in [1.54, 1.807) is 0 Å². The maximum atomic E-state index is 12.0. The van der Waals surface area contributed by atoms with Gasteiger partial charge in [-0.2, -0.15) is 0 Å². The van der Waals surface area contributed by atoms with Gasteiger partial charge in [0.1, 0.15) is 0 Å². The second kappa shape index (κ2) is 5.35. The quantitative estimate of drug-likeness (QED) is 0.897. The van der Waals surface area contributed by atoms with Gasteiger partial charge >= 0.3 is 6.03 Å². The molecule has 1 aliphatic carbocycles. The SMILES string of the molecule is Cc1ccc(N2CCN(C(=O)NC3CC3)CC2)cc1C. The molecule has 0 atom stereocenters. The monoisotopic (exact) mass is 273 g/mol. The smallest absolute Gasteiger partial charge is 0.317 e. The molecule has 1 N–H and O–H groups in total. The third-order valence-corrected chi connectivity index (χ3v) is 4.33. The first-order chi connectivity index (χ1) is 9.63. The van der Waals surface area contributed by atoms with Crippen molar-refractivity contribution in [3.05, 3.63) is 29.3 Å². The van der Waals surface area contributed by atoms with Gasteiger partial charge in [0.25, 0.3) is 0 Å². The zero-order valence-corrected chi connectivity index (χ0v) is 12.4. The summed E-state index contributed by atoms with van der Waals surface area (Å²) in [6, 6.07) is 7.17. The average Bonchev–Trinajstić information content (AvgIpc) is 3.26. The average molecular weight is 273 g/mol. The number of carbonyl (C=O) groups excluding carboxylic acids is 1. The summed E-state index contributed by atoms with van der Waals surface area (Å²) in [5, 5.41) is 3.06. The van der Waals surface area contributed by atoms with Gasteiger partial charge in [0.05, 0.1) is 0 Å². The molecule has 4 heteroatoms. The van der Waals surface area contributed by atoms with Crippen molar-refractivity contribution in [3.8, 4) is 0 Å². The molecule has 0 spiro atoms. The van der Waals surface area contributed by atoms with Crippen molar-refractivity contribution in [3.63, 3.8) is 0 Å². The zero-order chi connectivity index (χ0) is 14.1. The predicted molar refractivity (Wildman–Crippen MR) is 81.3 cm³/mol. The molecule has 0 aromatic heterocycles. The second-order valence-electron chi connectivity index (χ2n) is 5.97. The molecule has 0 unspecified atom stereocenters. The van der Waals surface area contributed by atoms with Crippen LogP contribution >= 0.6 is 0 Å². The number of anilines is 1. The third-order valence-electron chi connectivity index (χ3n) is 4.33. The standard InChI is InChI=1S/C16H23N3O/c1-12-3-6-15(11-13(12)2)18-7-9-19(10-8-18)16(20)17-14-4-5-14/h3,6,11,14H,4-5,7-10H2,1-2H3,(H,17,20). The molecular weight excluding hydrogens is 250 g/mol. The normalized spacial score (nSPS) is 19.1. The van der Waals surface area contributed by atoms with Crippen LogP contribution in [-0.2, 0) is 0 Å². The molecule has 2 fully saturated rings. The number of nitrogens with zero attached hydrogens (tertiary/aromatic N) is 2. The van der Waals surface area contributed by atoms with Crippen molar-refractivity contribution >= 4 is 11.7 Å². The van der Waals surface area contributed by atoms with Crippen molar-refractivity contribution in [1.82, 2.24) is 10.2 Å². The Kier molecular flexibility index (Phi) is 3.55. The van der Waals surface area contributed by atoms with Gasteiger partial charge in [-0.25, -0.2) is 4.79 Å². The minimum absolute atomic E-state index is 0.118. The molecule has 1 heterocycles. The lowest BCUT2D eigenvalue weighted by Gasteiger charge is -2.36. The van der Waals surface area contributed by atoms with Crippen molar-refractivity contribution in [2.24, 2.45) is 0 Å². The Morgan fingerprint density at radius 3 is 2.40 bits per heavy atom. The van der Waals surface area contributed by atoms with Crippen molar-refractivity contribution in [2.75, 3.05) is 31.1 Å². The number of rotatable bonds is 2. The van der Waals surface area contributed by atoms with Crippen molar-refractivity contribution in [1.29, 1.82) is 0 Å². The number of benzene rings is 1. The number of hydrogen-bond donors (Lipinski definition) is 1. The van der Waals surface area contributed by atoms with E-state index in [2.05, 4.69) is 42.3 Å². The number of aryl methyl sites for hydroxylation is 2. The van der Waals surface area contributed by atoms with Gasteiger partial charge in [-0.3, -0.25) is 0 Å². The summed E-state index contributed by atoms with van der Waals surface area (Å²) in [6.07, 6.45) is 2.29. The third kappa shape index (κ3) is 2.89. The highest BCUT2D eigenvalue weighted by Crippen LogP contribution is 2.21. The summed E-state index contributed by atoms with van der Waals surface area (Å²) >= 11 is 0. The van der Waals surface area contributed by atoms with Crippen LogP contribution in [0.3, 0.4) is 0 Å². The number of carbonyl (C=O) groups is 1. The lowest BCUT2D eigenvalue weighted by Crippen LogP contribution is -2.52. The summed E-state index contributed by atoms with van der Waals surface area (Å²) in [6.45, 7) is 7.75. The molecule has 1 saturated heterocycles. The number of nitrogens with one attached hydrogen (secondary N) is 1. The molecule has 2 aliphatic rings. The largest absolute Gasteiger partial charge is 0.368 e. The van der Waals surface area contributed by atoms with Crippen LogP contribution in [0.4, 0.5) is 10.5 Å². The molecule has 1 aliphatic heterocycles. The number of hydrogen-bond acceptors (Lipinski definition) is 2. The molecule has 20 heavy (non-hydrogen) atoms. The van der Waals surface area contributed by atoms with E-state index >= 15 is 0 Å². The Labute approximate surface area is 120 Å². The van der Waals surface area contributed by atoms with E-state index in [9.17, 15) is 4.79 Å². The molecular formula is C16H23N3O. The van der Waals surface area contributed by atoms with E-state index < -0.39 is 0 Å². The fourth-order valence-electron chi connectivity index (χ4n) is 2.58. The Morgan fingerprint density at radius 2 is 1.80 bits per heavy atom. The van der Waals surface area contributed by atoms with Gasteiger partial charge in [0, 0.05) is 37.9 Å². The Bertz CT molecular complexity index is 502. The summed E-state index contributed by atoms with van der Waals surface area (Å²) < 4.78 is 0. The Hall–Kier alpha value is -1.71. The summed E-state index contributed by atoms with van der Waals surface area (Å²) in [5.41, 5.74) is 3.93. The van der Waals surface area contributed by atoms with E-state index in [0.29, 0.717) is 6.04 Å². The molecule has 2 amide bonds. The molecule has 3 rings (SSSR count). The highest BCUT2D eigenvalue weighted by Gasteiger charge is 2.27. The Morgan fingerprint density at radius 1 is 1.10 bits per heavy atom. The van der Waals surface area contributed by atoms with E-state index in [1.807, 2.05) is 4.90 Å². The maximum absolute atomic E-state index is 12.0. The van der Waals surface area contributed by atoms with Gasteiger partial charge < -0.3 is 15.1 Å². The molecule has 108 valence electrons. The van der Waals surface area contributed by atoms with Crippen LogP contribution in [0.15, 0.2) is 18.2 Å². The predicted octanol–water partition coefficient (Wildman–Crippen LogP) is 2.30. The fraction of sp³-hybridized carbons (Fsp3) is 0.562. The Balaban J connectivity index is 1.57. The first-order valence-electron chi connectivity index (χ1n) is 7.51. The summed E-state index contributed by atoms with van der Waals surface area (Å²) in [5.74, 6) is 0. The van der Waals surface area contributed by atoms with Crippen LogP contribution in [-0.4, -0.2) is 43.2 Å². The molecule has 0 radical (unpaired) electrons. The zero-order valence-electron chi connectivity index (χ0n) is 12.4. The molecule has 1 aromatic carbocycles. The lowest BCUT2D eigenvalue weighted by molar-refractivity contribution is 0.194. The van der Waals surface area contributed by atoms with Crippen LogP contribution in [0.25, 0.3) is 0 Å². The van der Waals surface area contributed by atoms with Crippen LogP contribution in [0.2, 0.25) is 0 Å². The highest BCUT2D eigenvalue weighted by molar-refractivity contribution is 5.75. The van der Waals surface area contributed by atoms with Gasteiger partial charge in [0.15, 0.2) is 0 Å². The van der Waals surface area contributed by atoms with Crippen LogP contribution < -0.4 is 10.2 Å². The summed E-state index contributed by atoms with van der Waals surface area (Å²) in [7, 11) is 0. The van der Waals surface area contributed by atoms with E-state index in [0.717, 1.165) is 39.0 Å². The molecule has 1 saturated carbocycles. The first kappa shape index (κ1) is 13.3. The highest BCUT2D eigenvalue weighted by atomic mass is 16.2. The first-order valence-corrected chi connectivity index (χ1v) is 7.51. The topological polar surface area (TPSA) is 35.6 Å². The van der Waals surface area contributed by atoms with E-state index in [4.69, 9.17) is 0 Å². The van der Waals surface area contributed by atoms with Crippen LogP contribution in [0, 0.1) is 13.8 Å². The van der Waals surface area contributed by atoms with Crippen LogP contribution in [0.5, 0.6) is 0 Å². The number of amides is 2. The van der Waals surface area contributed by atoms with E-state index in [1.165, 1.54) is 16.8 Å². The molecule has 0 bridgehead atoms. The lowest BCUT2D eigenvalue weighted by atomic mass is 10.1. The molecule has 1 aromatic rings. The molecule has 4 nitrogen and oxygen atoms in total. The van der Waals surface area contributed by atoms with Crippen molar-refractivity contribution < 1.29 is 4.79 Å². The summed E-state index contributed by atoms with van der Waals surface area (Å²) in [4.78, 5) is 16.3. The number of piperazine rings is 1. The minimum Gasteiger partial charge on any atom is -0.368 e. The van der Waals surface area contributed by atoms with Crippen LogP contribution in [0.1, 0.15) is 24.0 Å². The minimum atomic E-state index is 0.118. The van der Waals surface area contributed by atoms with E-state index in [-0.39, 0.29) is 6.03 Å². The fourth-order valence-corrected chi connectivity index (χ4v) is 2.58. The second-order valence-corrected chi connectivity index (χ2v) is 5.97. The number of urea groups is 1. The van der Waals surface area contributed by atoms with Gasteiger partial charge in [-0.1, -0.05) is 6.07 Å².